The van der Waals surface area contributed by atoms with Crippen LogP contribution in [0.15, 0.2) is 54.6 Å². The molecule has 2 rings (SSSR count). The van der Waals surface area contributed by atoms with Crippen LogP contribution >= 0.6 is 0 Å². The molecule has 0 aliphatic rings. The summed E-state index contributed by atoms with van der Waals surface area (Å²) < 4.78 is 0. The van der Waals surface area contributed by atoms with Crippen LogP contribution in [-0.2, 0) is 0 Å². The van der Waals surface area contributed by atoms with E-state index in [4.69, 9.17) is 0 Å². The minimum Gasteiger partial charge on any atom is -0.313 e. The van der Waals surface area contributed by atoms with Crippen LogP contribution in [0.4, 0.5) is 0 Å². The Balaban J connectivity index is 2.28. The highest BCUT2D eigenvalue weighted by Crippen LogP contribution is 2.33. The molecular weight excluding hydrogens is 230 g/mol. The van der Waals surface area contributed by atoms with Gasteiger partial charge in [0.2, 0.25) is 0 Å². The van der Waals surface area contributed by atoms with Crippen molar-refractivity contribution in [3.63, 3.8) is 0 Å². The molecule has 0 radical (unpaired) electrons. The van der Waals surface area contributed by atoms with E-state index in [0.29, 0.717) is 6.04 Å². The first kappa shape index (κ1) is 13.8. The molecule has 1 N–H and O–H groups in total. The molecule has 1 atom stereocenters. The first-order chi connectivity index (χ1) is 9.02. The molecule has 0 saturated heterocycles. The average molecular weight is 253 g/mol. The lowest BCUT2D eigenvalue weighted by molar-refractivity contribution is 0.287. The van der Waals surface area contributed by atoms with Crippen LogP contribution < -0.4 is 5.32 Å². The van der Waals surface area contributed by atoms with Crippen molar-refractivity contribution in [2.75, 3.05) is 7.05 Å². The molecule has 1 unspecified atom stereocenters. The Hall–Kier alpha value is -1.60. The van der Waals surface area contributed by atoms with Crippen LogP contribution in [0, 0.1) is 5.41 Å². The van der Waals surface area contributed by atoms with Crippen molar-refractivity contribution < 1.29 is 0 Å². The fourth-order valence-electron chi connectivity index (χ4n) is 2.60. The Morgan fingerprint density at radius 1 is 0.789 bits per heavy atom. The minimum absolute atomic E-state index is 0.211. The molecule has 0 amide bonds. The summed E-state index contributed by atoms with van der Waals surface area (Å²) in [5.41, 5.74) is 4.09. The molecule has 0 fully saturated rings. The van der Waals surface area contributed by atoms with Gasteiger partial charge in [0.25, 0.3) is 0 Å². The summed E-state index contributed by atoms with van der Waals surface area (Å²) in [6.45, 7) is 6.79. The van der Waals surface area contributed by atoms with Gasteiger partial charge < -0.3 is 5.32 Å². The predicted octanol–water partition coefficient (Wildman–Crippen LogP) is 4.66. The number of rotatable bonds is 3. The molecule has 2 aromatic rings. The van der Waals surface area contributed by atoms with E-state index in [-0.39, 0.29) is 5.41 Å². The van der Waals surface area contributed by atoms with Crippen LogP contribution in [-0.4, -0.2) is 7.05 Å². The van der Waals surface area contributed by atoms with Gasteiger partial charge >= 0.3 is 0 Å². The molecule has 1 heteroatoms. The second-order valence-corrected chi connectivity index (χ2v) is 6.08. The van der Waals surface area contributed by atoms with E-state index < -0.39 is 0 Å². The normalized spacial score (nSPS) is 13.3. The fraction of sp³-hybridized carbons (Fsp3) is 0.333. The van der Waals surface area contributed by atoms with Crippen LogP contribution in [0.3, 0.4) is 0 Å². The van der Waals surface area contributed by atoms with Crippen molar-refractivity contribution in [1.29, 1.82) is 0 Å². The Morgan fingerprint density at radius 2 is 1.32 bits per heavy atom. The van der Waals surface area contributed by atoms with Gasteiger partial charge in [-0.2, -0.15) is 0 Å². The zero-order chi connectivity index (χ0) is 13.9. The van der Waals surface area contributed by atoms with Gasteiger partial charge in [-0.1, -0.05) is 75.4 Å². The van der Waals surface area contributed by atoms with Gasteiger partial charge in [-0.3, -0.25) is 0 Å². The van der Waals surface area contributed by atoms with E-state index in [0.717, 1.165) is 0 Å². The first-order valence-electron chi connectivity index (χ1n) is 6.85. The topological polar surface area (TPSA) is 12.0 Å². The highest BCUT2D eigenvalue weighted by molar-refractivity contribution is 5.63. The van der Waals surface area contributed by atoms with Crippen molar-refractivity contribution >= 4 is 0 Å². The zero-order valence-electron chi connectivity index (χ0n) is 12.3. The van der Waals surface area contributed by atoms with Crippen LogP contribution in [0.1, 0.15) is 32.4 Å². The lowest BCUT2D eigenvalue weighted by atomic mass is 9.82. The third-order valence-corrected chi connectivity index (χ3v) is 3.51. The maximum atomic E-state index is 3.42. The highest BCUT2D eigenvalue weighted by atomic mass is 14.9. The molecular formula is C18H23N. The first-order valence-corrected chi connectivity index (χ1v) is 6.85. The van der Waals surface area contributed by atoms with Crippen molar-refractivity contribution in [2.45, 2.75) is 26.8 Å². The summed E-state index contributed by atoms with van der Waals surface area (Å²) in [6, 6.07) is 19.8. The van der Waals surface area contributed by atoms with E-state index in [1.807, 2.05) is 7.05 Å². The summed E-state index contributed by atoms with van der Waals surface area (Å²) in [7, 11) is 2.03. The van der Waals surface area contributed by atoms with Gasteiger partial charge in [0.05, 0.1) is 0 Å². The van der Waals surface area contributed by atoms with E-state index >= 15 is 0 Å². The molecule has 0 saturated carbocycles. The van der Waals surface area contributed by atoms with Crippen LogP contribution in [0.2, 0.25) is 0 Å². The summed E-state index contributed by atoms with van der Waals surface area (Å²) in [6.07, 6.45) is 0. The van der Waals surface area contributed by atoms with Crippen molar-refractivity contribution in [3.05, 3.63) is 60.2 Å². The molecule has 0 aliphatic carbocycles. The molecule has 0 bridgehead atoms. The highest BCUT2D eigenvalue weighted by Gasteiger charge is 2.24. The zero-order valence-corrected chi connectivity index (χ0v) is 12.3. The SMILES string of the molecule is CNC(c1ccc(-c2ccccc2)cc1)C(C)(C)C. The number of hydrogen-bond acceptors (Lipinski definition) is 1. The van der Waals surface area contributed by atoms with E-state index in [2.05, 4.69) is 80.7 Å². The minimum atomic E-state index is 0.211. The van der Waals surface area contributed by atoms with Gasteiger partial charge in [0.15, 0.2) is 0 Å². The molecule has 2 aromatic carbocycles. The lowest BCUT2D eigenvalue weighted by Gasteiger charge is -2.31. The third-order valence-electron chi connectivity index (χ3n) is 3.51. The smallest absolute Gasteiger partial charge is 0.0366 e. The van der Waals surface area contributed by atoms with Crippen molar-refractivity contribution in [1.82, 2.24) is 5.32 Å². The number of hydrogen-bond donors (Lipinski definition) is 1. The Labute approximate surface area is 116 Å². The molecule has 0 heterocycles. The summed E-state index contributed by atoms with van der Waals surface area (Å²) in [4.78, 5) is 0. The van der Waals surface area contributed by atoms with E-state index in [9.17, 15) is 0 Å². The number of nitrogens with one attached hydrogen (secondary N) is 1. The Bertz CT molecular complexity index is 506. The second kappa shape index (κ2) is 5.58. The Kier molecular flexibility index (Phi) is 4.06. The molecule has 0 aromatic heterocycles. The van der Waals surface area contributed by atoms with Gasteiger partial charge in [0.1, 0.15) is 0 Å². The monoisotopic (exact) mass is 253 g/mol. The number of benzene rings is 2. The van der Waals surface area contributed by atoms with Crippen molar-refractivity contribution in [3.8, 4) is 11.1 Å². The van der Waals surface area contributed by atoms with Crippen LogP contribution in [0.5, 0.6) is 0 Å². The molecule has 0 aliphatic heterocycles. The average Bonchev–Trinajstić information content (AvgIpc) is 2.40. The largest absolute Gasteiger partial charge is 0.313 e. The van der Waals surface area contributed by atoms with Gasteiger partial charge in [-0.15, -0.1) is 0 Å². The predicted molar refractivity (Wildman–Crippen MR) is 83.1 cm³/mol. The van der Waals surface area contributed by atoms with Gasteiger partial charge in [0, 0.05) is 6.04 Å². The molecule has 19 heavy (non-hydrogen) atoms. The maximum absolute atomic E-state index is 3.42. The fourth-order valence-corrected chi connectivity index (χ4v) is 2.60. The third kappa shape index (κ3) is 3.24. The summed E-state index contributed by atoms with van der Waals surface area (Å²) >= 11 is 0. The summed E-state index contributed by atoms with van der Waals surface area (Å²) in [5, 5.41) is 3.42. The van der Waals surface area contributed by atoms with E-state index in [1.165, 1.54) is 16.7 Å². The standard InChI is InChI=1S/C18H23N/c1-18(2,3)17(19-4)16-12-10-15(11-13-16)14-8-6-5-7-9-14/h5-13,17,19H,1-4H3. The molecule has 1 nitrogen and oxygen atoms in total. The maximum Gasteiger partial charge on any atom is 0.0366 e. The second-order valence-electron chi connectivity index (χ2n) is 6.08. The quantitative estimate of drug-likeness (QED) is 0.839. The molecule has 100 valence electrons. The lowest BCUT2D eigenvalue weighted by Crippen LogP contribution is -2.29. The Morgan fingerprint density at radius 3 is 1.79 bits per heavy atom. The molecule has 0 spiro atoms. The van der Waals surface area contributed by atoms with E-state index in [1.54, 1.807) is 0 Å². The van der Waals surface area contributed by atoms with Crippen LogP contribution in [0.25, 0.3) is 11.1 Å². The van der Waals surface area contributed by atoms with Gasteiger partial charge in [-0.25, -0.2) is 0 Å². The van der Waals surface area contributed by atoms with Gasteiger partial charge in [-0.05, 0) is 29.2 Å². The van der Waals surface area contributed by atoms with Crippen molar-refractivity contribution in [2.24, 2.45) is 5.41 Å². The summed E-state index contributed by atoms with van der Waals surface area (Å²) in [5.74, 6) is 0.